The van der Waals surface area contributed by atoms with Gasteiger partial charge in [0.15, 0.2) is 6.10 Å². The van der Waals surface area contributed by atoms with E-state index >= 15 is 0 Å². The number of hydrogen-bond donors (Lipinski definition) is 1. The summed E-state index contributed by atoms with van der Waals surface area (Å²) in [6, 6.07) is 15.5. The highest BCUT2D eigenvalue weighted by atomic mass is 32.2. The molecule has 190 valence electrons. The van der Waals surface area contributed by atoms with Crippen molar-refractivity contribution in [1.29, 1.82) is 0 Å². The maximum absolute atomic E-state index is 13.9. The summed E-state index contributed by atoms with van der Waals surface area (Å²) in [6.45, 7) is 11.2. The summed E-state index contributed by atoms with van der Waals surface area (Å²) in [4.78, 5) is 12.8. The van der Waals surface area contributed by atoms with E-state index in [4.69, 9.17) is 4.74 Å². The Bertz CT molecular complexity index is 1450. The molecule has 6 nitrogen and oxygen atoms in total. The molecule has 3 aromatic carbocycles. The van der Waals surface area contributed by atoms with Crippen molar-refractivity contribution in [2.45, 2.75) is 64.7 Å². The zero-order valence-electron chi connectivity index (χ0n) is 21.8. The Morgan fingerprint density at radius 1 is 0.972 bits per heavy atom. The van der Waals surface area contributed by atoms with Crippen LogP contribution in [0.3, 0.4) is 0 Å². The number of nitrogens with zero attached hydrogens (tertiary/aromatic N) is 1. The van der Waals surface area contributed by atoms with Gasteiger partial charge < -0.3 is 9.84 Å². The van der Waals surface area contributed by atoms with Gasteiger partial charge in [-0.2, -0.15) is 4.31 Å². The van der Waals surface area contributed by atoms with Crippen LogP contribution in [0.1, 0.15) is 54.7 Å². The molecule has 36 heavy (non-hydrogen) atoms. The number of carboxylic acid groups (broad SMARTS) is 1. The SMILES string of the molecule is Cc1ccc(-c2c(C)c3c(c(C)c2[C@H](OC(C)(C)C)C(=O)O)S(=O)(=O)N(C)Cc2ccccc2-3)cc1. The lowest BCUT2D eigenvalue weighted by Crippen LogP contribution is -2.30. The van der Waals surface area contributed by atoms with Crippen molar-refractivity contribution in [3.63, 3.8) is 0 Å². The lowest BCUT2D eigenvalue weighted by molar-refractivity contribution is -0.160. The topological polar surface area (TPSA) is 83.9 Å². The Labute approximate surface area is 213 Å². The zero-order chi connectivity index (χ0) is 26.6. The van der Waals surface area contributed by atoms with Crippen LogP contribution in [0.25, 0.3) is 22.3 Å². The van der Waals surface area contributed by atoms with Crippen LogP contribution < -0.4 is 0 Å². The normalized spacial score (nSPS) is 16.1. The average Bonchev–Trinajstić information content (AvgIpc) is 2.87. The molecule has 0 aromatic heterocycles. The summed E-state index contributed by atoms with van der Waals surface area (Å²) >= 11 is 0. The van der Waals surface area contributed by atoms with Gasteiger partial charge in [-0.3, -0.25) is 0 Å². The fourth-order valence-corrected chi connectivity index (χ4v) is 6.67. The molecule has 0 unspecified atom stereocenters. The molecule has 1 heterocycles. The molecule has 0 spiro atoms. The van der Waals surface area contributed by atoms with Crippen LogP contribution >= 0.6 is 0 Å². The lowest BCUT2D eigenvalue weighted by atomic mass is 9.82. The average molecular weight is 508 g/mol. The summed E-state index contributed by atoms with van der Waals surface area (Å²) in [7, 11) is -2.36. The summed E-state index contributed by atoms with van der Waals surface area (Å²) in [5.74, 6) is -1.17. The molecule has 1 aliphatic rings. The Kier molecular flexibility index (Phi) is 6.62. The van der Waals surface area contributed by atoms with Crippen LogP contribution in [0.4, 0.5) is 0 Å². The van der Waals surface area contributed by atoms with E-state index in [1.54, 1.807) is 34.7 Å². The number of carboxylic acids is 1. The van der Waals surface area contributed by atoms with Crippen LogP contribution in [0.15, 0.2) is 53.4 Å². The number of aliphatic carboxylic acids is 1. The van der Waals surface area contributed by atoms with Gasteiger partial charge in [0.2, 0.25) is 10.0 Å². The van der Waals surface area contributed by atoms with E-state index in [-0.39, 0.29) is 11.4 Å². The zero-order valence-corrected chi connectivity index (χ0v) is 22.7. The number of aryl methyl sites for hydroxylation is 1. The molecule has 1 aliphatic heterocycles. The van der Waals surface area contributed by atoms with Gasteiger partial charge in [-0.15, -0.1) is 0 Å². The standard InChI is InChI=1S/C29H33NO5S/c1-17-12-14-20(15-13-17)23-18(2)24-22-11-9-8-10-21(22)16-30(7)36(33,34)27(24)19(3)25(23)26(28(31)32)35-29(4,5)6/h8-15,26H,16H2,1-7H3,(H,31,32)/t26-/m0/s1. The van der Waals surface area contributed by atoms with Crippen LogP contribution in [-0.4, -0.2) is 36.4 Å². The van der Waals surface area contributed by atoms with Gasteiger partial charge >= 0.3 is 5.97 Å². The van der Waals surface area contributed by atoms with Gasteiger partial charge in [0.05, 0.1) is 10.5 Å². The van der Waals surface area contributed by atoms with Crippen molar-refractivity contribution in [2.24, 2.45) is 0 Å². The summed E-state index contributed by atoms with van der Waals surface area (Å²) < 4.78 is 35.3. The molecular formula is C29H33NO5S. The molecule has 3 aromatic rings. The lowest BCUT2D eigenvalue weighted by Gasteiger charge is -2.31. The van der Waals surface area contributed by atoms with Crippen LogP contribution in [0.5, 0.6) is 0 Å². The molecular weight excluding hydrogens is 474 g/mol. The summed E-state index contributed by atoms with van der Waals surface area (Å²) in [6.07, 6.45) is -1.36. The second-order valence-corrected chi connectivity index (χ2v) is 12.5. The van der Waals surface area contributed by atoms with Crippen molar-refractivity contribution < 1.29 is 23.1 Å². The number of benzene rings is 3. The molecule has 0 saturated carbocycles. The third-order valence-electron chi connectivity index (χ3n) is 6.64. The number of rotatable bonds is 4. The molecule has 0 amide bonds. The molecule has 0 saturated heterocycles. The predicted molar refractivity (Wildman–Crippen MR) is 141 cm³/mol. The van der Waals surface area contributed by atoms with Gasteiger partial charge in [-0.05, 0) is 74.9 Å². The first-order chi connectivity index (χ1) is 16.7. The molecule has 1 atom stereocenters. The number of ether oxygens (including phenoxy) is 1. The molecule has 0 bridgehead atoms. The molecule has 0 radical (unpaired) electrons. The van der Waals surface area contributed by atoms with Crippen molar-refractivity contribution in [1.82, 2.24) is 4.31 Å². The molecule has 7 heteroatoms. The van der Waals surface area contributed by atoms with E-state index in [1.807, 2.05) is 62.4 Å². The van der Waals surface area contributed by atoms with Gasteiger partial charge in [0, 0.05) is 24.7 Å². The van der Waals surface area contributed by atoms with Crippen molar-refractivity contribution >= 4 is 16.0 Å². The van der Waals surface area contributed by atoms with E-state index in [9.17, 15) is 18.3 Å². The quantitative estimate of drug-likeness (QED) is 0.467. The van der Waals surface area contributed by atoms with Crippen molar-refractivity contribution in [3.8, 4) is 22.3 Å². The number of hydrogen-bond acceptors (Lipinski definition) is 4. The molecule has 1 N–H and O–H groups in total. The number of fused-ring (bicyclic) bond motifs is 3. The van der Waals surface area contributed by atoms with Crippen LogP contribution in [0, 0.1) is 20.8 Å². The monoisotopic (exact) mass is 507 g/mol. The van der Waals surface area contributed by atoms with E-state index in [1.165, 1.54) is 4.31 Å². The highest BCUT2D eigenvalue weighted by molar-refractivity contribution is 7.89. The van der Waals surface area contributed by atoms with Crippen LogP contribution in [-0.2, 0) is 26.1 Å². The minimum Gasteiger partial charge on any atom is -0.479 e. The maximum atomic E-state index is 13.9. The Hall–Kier alpha value is -3.00. The summed E-state index contributed by atoms with van der Waals surface area (Å²) in [5, 5.41) is 10.3. The summed E-state index contributed by atoms with van der Waals surface area (Å²) in [5.41, 5.74) is 5.63. The Morgan fingerprint density at radius 3 is 2.17 bits per heavy atom. The van der Waals surface area contributed by atoms with Gasteiger partial charge in [-0.1, -0.05) is 54.1 Å². The first-order valence-electron chi connectivity index (χ1n) is 11.9. The van der Waals surface area contributed by atoms with Gasteiger partial charge in [0.25, 0.3) is 0 Å². The predicted octanol–water partition coefficient (Wildman–Crippen LogP) is 6.02. The van der Waals surface area contributed by atoms with E-state index in [0.29, 0.717) is 27.8 Å². The van der Waals surface area contributed by atoms with E-state index in [0.717, 1.165) is 22.3 Å². The fourth-order valence-electron chi connectivity index (χ4n) is 5.03. The smallest absolute Gasteiger partial charge is 0.337 e. The minimum absolute atomic E-state index is 0.141. The fraction of sp³-hybridized carbons (Fsp3) is 0.345. The highest BCUT2D eigenvalue weighted by Crippen LogP contribution is 2.48. The van der Waals surface area contributed by atoms with Crippen molar-refractivity contribution in [3.05, 3.63) is 76.3 Å². The van der Waals surface area contributed by atoms with Crippen molar-refractivity contribution in [2.75, 3.05) is 7.05 Å². The third-order valence-corrected chi connectivity index (χ3v) is 8.61. The third kappa shape index (κ3) is 4.47. The van der Waals surface area contributed by atoms with Gasteiger partial charge in [-0.25, -0.2) is 13.2 Å². The van der Waals surface area contributed by atoms with E-state index in [2.05, 4.69) is 0 Å². The maximum Gasteiger partial charge on any atom is 0.337 e. The van der Waals surface area contributed by atoms with Gasteiger partial charge in [0.1, 0.15) is 0 Å². The Balaban J connectivity index is 2.24. The molecule has 0 aliphatic carbocycles. The second-order valence-electron chi connectivity index (χ2n) is 10.5. The number of sulfonamides is 1. The first kappa shape index (κ1) is 26.1. The van der Waals surface area contributed by atoms with E-state index < -0.39 is 27.7 Å². The first-order valence-corrected chi connectivity index (χ1v) is 13.4. The molecule has 0 fully saturated rings. The minimum atomic E-state index is -3.92. The Morgan fingerprint density at radius 2 is 1.58 bits per heavy atom. The van der Waals surface area contributed by atoms with Crippen LogP contribution in [0.2, 0.25) is 0 Å². The molecule has 4 rings (SSSR count). The largest absolute Gasteiger partial charge is 0.479 e. The second kappa shape index (κ2) is 9.14. The highest BCUT2D eigenvalue weighted by Gasteiger charge is 2.39. The number of carbonyl (C=O) groups is 1.